The number of carbonyl (C=O) groups excluding carboxylic acids is 4. The molecule has 0 aromatic heterocycles. The molecule has 3 aromatic rings. The Morgan fingerprint density at radius 2 is 1.82 bits per heavy atom. The zero-order chi connectivity index (χ0) is 27.6. The van der Waals surface area contributed by atoms with Crippen molar-refractivity contribution in [3.05, 3.63) is 91.9 Å². The number of barbiturate groups is 1. The lowest BCUT2D eigenvalue weighted by Crippen LogP contribution is -2.54. The van der Waals surface area contributed by atoms with Gasteiger partial charge < -0.3 is 10.1 Å². The van der Waals surface area contributed by atoms with Crippen LogP contribution in [0.1, 0.15) is 22.3 Å². The van der Waals surface area contributed by atoms with E-state index in [4.69, 9.17) is 16.3 Å². The molecule has 1 aliphatic heterocycles. The Morgan fingerprint density at radius 3 is 2.55 bits per heavy atom. The average molecular weight is 597 g/mol. The predicted molar refractivity (Wildman–Crippen MR) is 149 cm³/mol. The Bertz CT molecular complexity index is 1520. The summed E-state index contributed by atoms with van der Waals surface area (Å²) in [4.78, 5) is 52.0. The molecule has 5 amide bonds. The minimum absolute atomic E-state index is 0.257. The Kier molecular flexibility index (Phi) is 7.99. The van der Waals surface area contributed by atoms with Gasteiger partial charge in [-0.1, -0.05) is 39.7 Å². The number of rotatable bonds is 6. The van der Waals surface area contributed by atoms with Crippen molar-refractivity contribution >= 4 is 68.7 Å². The first-order valence-electron chi connectivity index (χ1n) is 11.5. The second kappa shape index (κ2) is 11.2. The zero-order valence-electron chi connectivity index (χ0n) is 20.7. The summed E-state index contributed by atoms with van der Waals surface area (Å²) in [5.74, 6) is -1.79. The highest BCUT2D eigenvalue weighted by Crippen LogP contribution is 2.31. The fourth-order valence-electron chi connectivity index (χ4n) is 3.79. The average Bonchev–Trinajstić information content (AvgIpc) is 2.86. The van der Waals surface area contributed by atoms with Gasteiger partial charge in [-0.15, -0.1) is 0 Å². The lowest BCUT2D eigenvalue weighted by Gasteiger charge is -2.27. The first-order chi connectivity index (χ1) is 18.0. The molecule has 3 aromatic carbocycles. The van der Waals surface area contributed by atoms with Gasteiger partial charge in [0.05, 0.1) is 5.69 Å². The third-order valence-electron chi connectivity index (χ3n) is 6.00. The van der Waals surface area contributed by atoms with Crippen LogP contribution in [0.25, 0.3) is 6.08 Å². The van der Waals surface area contributed by atoms with Crippen LogP contribution in [0.15, 0.2) is 64.6 Å². The quantitative estimate of drug-likeness (QED) is 0.280. The van der Waals surface area contributed by atoms with Crippen LogP contribution in [0, 0.1) is 20.8 Å². The number of amides is 5. The summed E-state index contributed by atoms with van der Waals surface area (Å²) >= 11 is 9.56. The first-order valence-corrected chi connectivity index (χ1v) is 12.7. The SMILES string of the molecule is Cc1ccc(NC(=O)COc2ccc(Br)cc2/C=C2/C(=O)NC(=O)N(c3cccc(Cl)c3C)C2=O)cc1C. The molecule has 1 heterocycles. The van der Waals surface area contributed by atoms with Gasteiger partial charge in [0, 0.05) is 20.7 Å². The van der Waals surface area contributed by atoms with Crippen molar-refractivity contribution in [1.82, 2.24) is 5.32 Å². The molecule has 0 radical (unpaired) electrons. The van der Waals surface area contributed by atoms with Crippen molar-refractivity contribution in [2.45, 2.75) is 20.8 Å². The van der Waals surface area contributed by atoms with E-state index in [0.29, 0.717) is 26.3 Å². The molecule has 0 saturated carbocycles. The molecule has 0 bridgehead atoms. The maximum atomic E-state index is 13.3. The Labute approximate surface area is 232 Å². The van der Waals surface area contributed by atoms with Gasteiger partial charge >= 0.3 is 6.03 Å². The third kappa shape index (κ3) is 5.79. The fourth-order valence-corrected chi connectivity index (χ4v) is 4.34. The van der Waals surface area contributed by atoms with Crippen LogP contribution in [-0.2, 0) is 14.4 Å². The summed E-state index contributed by atoms with van der Waals surface area (Å²) in [5, 5.41) is 5.35. The Morgan fingerprint density at radius 1 is 1.05 bits per heavy atom. The molecule has 0 unspecified atom stereocenters. The summed E-state index contributed by atoms with van der Waals surface area (Å²) in [6.07, 6.45) is 1.32. The molecule has 1 aliphatic rings. The molecule has 4 rings (SSSR count). The maximum absolute atomic E-state index is 13.3. The van der Waals surface area contributed by atoms with E-state index in [1.165, 1.54) is 6.08 Å². The van der Waals surface area contributed by atoms with Gasteiger partial charge in [-0.3, -0.25) is 19.7 Å². The summed E-state index contributed by atoms with van der Waals surface area (Å²) in [6, 6.07) is 14.4. The van der Waals surface area contributed by atoms with E-state index in [-0.39, 0.29) is 29.5 Å². The Hall–Kier alpha value is -3.95. The topological polar surface area (TPSA) is 105 Å². The van der Waals surface area contributed by atoms with Crippen molar-refractivity contribution < 1.29 is 23.9 Å². The monoisotopic (exact) mass is 595 g/mol. The van der Waals surface area contributed by atoms with Gasteiger partial charge in [0.2, 0.25) is 0 Å². The number of hydrogen-bond acceptors (Lipinski definition) is 5. The number of ether oxygens (including phenoxy) is 1. The van der Waals surface area contributed by atoms with Crippen LogP contribution in [0.3, 0.4) is 0 Å². The molecule has 0 atom stereocenters. The molecule has 8 nitrogen and oxygen atoms in total. The van der Waals surface area contributed by atoms with Crippen molar-refractivity contribution in [3.8, 4) is 5.75 Å². The molecule has 0 spiro atoms. The normalized spacial score (nSPS) is 14.5. The molecule has 10 heteroatoms. The third-order valence-corrected chi connectivity index (χ3v) is 6.91. The number of carbonyl (C=O) groups is 4. The van der Waals surface area contributed by atoms with Crippen molar-refractivity contribution in [1.29, 1.82) is 0 Å². The van der Waals surface area contributed by atoms with Crippen molar-refractivity contribution in [2.24, 2.45) is 0 Å². The number of nitrogens with one attached hydrogen (secondary N) is 2. The standard InChI is InChI=1S/C28H23BrClN3O5/c1-15-7-9-20(11-16(15)2)31-25(34)14-38-24-10-8-19(29)12-18(24)13-21-26(35)32-28(37)33(27(21)36)23-6-4-5-22(30)17(23)3/h4-13H,14H2,1-3H3,(H,31,34)(H,32,35,37)/b21-13-. The number of hydrogen-bond donors (Lipinski definition) is 2. The van der Waals surface area contributed by atoms with Crippen molar-refractivity contribution in [3.63, 3.8) is 0 Å². The van der Waals surface area contributed by atoms with Gasteiger partial charge in [-0.2, -0.15) is 0 Å². The predicted octanol–water partition coefficient (Wildman–Crippen LogP) is 5.71. The van der Waals surface area contributed by atoms with E-state index >= 15 is 0 Å². The van der Waals surface area contributed by atoms with Crippen LogP contribution in [0.5, 0.6) is 5.75 Å². The van der Waals surface area contributed by atoms with Crippen molar-refractivity contribution in [2.75, 3.05) is 16.8 Å². The van der Waals surface area contributed by atoms with Gasteiger partial charge in [0.25, 0.3) is 17.7 Å². The summed E-state index contributed by atoms with van der Waals surface area (Å²) in [5.41, 5.74) is 3.63. The molecule has 2 N–H and O–H groups in total. The summed E-state index contributed by atoms with van der Waals surface area (Å²) in [6.45, 7) is 5.29. The lowest BCUT2D eigenvalue weighted by atomic mass is 10.0. The van der Waals surface area contributed by atoms with Gasteiger partial charge in [0.15, 0.2) is 6.61 Å². The van der Waals surface area contributed by atoms with E-state index in [2.05, 4.69) is 26.6 Å². The number of urea groups is 1. The van der Waals surface area contributed by atoms with E-state index in [0.717, 1.165) is 16.0 Å². The number of imide groups is 2. The number of anilines is 2. The van der Waals surface area contributed by atoms with Crippen LogP contribution in [0.2, 0.25) is 5.02 Å². The minimum atomic E-state index is -0.878. The minimum Gasteiger partial charge on any atom is -0.483 e. The highest BCUT2D eigenvalue weighted by molar-refractivity contribution is 9.10. The van der Waals surface area contributed by atoms with Crippen LogP contribution in [-0.4, -0.2) is 30.4 Å². The molecule has 38 heavy (non-hydrogen) atoms. The lowest BCUT2D eigenvalue weighted by molar-refractivity contribution is -0.122. The number of benzene rings is 3. The largest absolute Gasteiger partial charge is 0.483 e. The maximum Gasteiger partial charge on any atom is 0.335 e. The molecule has 0 aliphatic carbocycles. The number of nitrogens with zero attached hydrogens (tertiary/aromatic N) is 1. The molecular formula is C28H23BrClN3O5. The molecule has 194 valence electrons. The number of halogens is 2. The highest BCUT2D eigenvalue weighted by Gasteiger charge is 2.37. The Balaban J connectivity index is 1.59. The van der Waals surface area contributed by atoms with E-state index in [1.807, 2.05) is 26.0 Å². The highest BCUT2D eigenvalue weighted by atomic mass is 79.9. The second-order valence-electron chi connectivity index (χ2n) is 8.66. The van der Waals surface area contributed by atoms with Crippen LogP contribution < -0.4 is 20.3 Å². The molecule has 1 saturated heterocycles. The summed E-state index contributed by atoms with van der Waals surface area (Å²) < 4.78 is 6.39. The van der Waals surface area contributed by atoms with Gasteiger partial charge in [-0.25, -0.2) is 9.69 Å². The van der Waals surface area contributed by atoms with E-state index in [1.54, 1.807) is 49.4 Å². The molecule has 1 fully saturated rings. The van der Waals surface area contributed by atoms with Crippen LogP contribution >= 0.6 is 27.5 Å². The first kappa shape index (κ1) is 27.1. The molecular weight excluding hydrogens is 574 g/mol. The van der Waals surface area contributed by atoms with E-state index < -0.39 is 17.8 Å². The second-order valence-corrected chi connectivity index (χ2v) is 9.98. The smallest absolute Gasteiger partial charge is 0.335 e. The zero-order valence-corrected chi connectivity index (χ0v) is 23.1. The van der Waals surface area contributed by atoms with Crippen LogP contribution in [0.4, 0.5) is 16.2 Å². The van der Waals surface area contributed by atoms with E-state index in [9.17, 15) is 19.2 Å². The number of aryl methyl sites for hydroxylation is 2. The van der Waals surface area contributed by atoms with Gasteiger partial charge in [-0.05, 0) is 86.0 Å². The fraction of sp³-hybridized carbons (Fsp3) is 0.143. The van der Waals surface area contributed by atoms with Gasteiger partial charge in [0.1, 0.15) is 11.3 Å². The summed E-state index contributed by atoms with van der Waals surface area (Å²) in [7, 11) is 0.